The van der Waals surface area contributed by atoms with Gasteiger partial charge >= 0.3 is 11.9 Å². The Kier molecular flexibility index (Phi) is 57.1. The molecule has 0 aromatic rings. The topological polar surface area (TPSA) is 111 Å². The lowest BCUT2D eigenvalue weighted by atomic mass is 10.0. The number of ether oxygens (including phenoxy) is 2. The average Bonchev–Trinajstić information content (AvgIpc) is 3.39. The van der Waals surface area contributed by atoms with Crippen molar-refractivity contribution in [1.29, 1.82) is 0 Å². The van der Waals surface area contributed by atoms with Crippen molar-refractivity contribution in [3.63, 3.8) is 0 Å². The van der Waals surface area contributed by atoms with E-state index in [2.05, 4.69) is 62.5 Å². The van der Waals surface area contributed by atoms with Gasteiger partial charge in [-0.2, -0.15) is 0 Å². The predicted octanol–water partition coefficient (Wildman–Crippen LogP) is 20.2. The van der Waals surface area contributed by atoms with Crippen LogP contribution in [0.3, 0.4) is 0 Å². The van der Waals surface area contributed by atoms with Crippen molar-refractivity contribution in [2.75, 3.05) is 47.5 Å². The van der Waals surface area contributed by atoms with Crippen LogP contribution in [0.4, 0.5) is 0 Å². The Bertz CT molecular complexity index is 1440. The lowest BCUT2D eigenvalue weighted by Crippen LogP contribution is -2.37. The highest BCUT2D eigenvalue weighted by molar-refractivity contribution is 7.45. The number of hydrogen-bond donors (Lipinski definition) is 0. The highest BCUT2D eigenvalue weighted by atomic mass is 31.2. The lowest BCUT2D eigenvalue weighted by molar-refractivity contribution is -0.870. The van der Waals surface area contributed by atoms with Gasteiger partial charge in [0, 0.05) is 12.8 Å². The number of allylic oxidation sites excluding steroid dienone is 8. The number of hydrogen-bond acceptors (Lipinski definition) is 8. The van der Waals surface area contributed by atoms with Crippen LogP contribution in [0.5, 0.6) is 0 Å². The fourth-order valence-electron chi connectivity index (χ4n) is 9.59. The van der Waals surface area contributed by atoms with Crippen molar-refractivity contribution in [1.82, 2.24) is 0 Å². The molecule has 0 aliphatic rings. The zero-order valence-corrected chi connectivity index (χ0v) is 52.3. The first-order valence-corrected chi connectivity index (χ1v) is 34.3. The minimum absolute atomic E-state index is 0.0389. The molecule has 2 unspecified atom stereocenters. The standard InChI is InChI=1S/C67H126NO8P/c1-6-8-10-12-14-16-18-20-22-23-24-25-26-27-28-29-30-31-32-33-34-35-36-37-38-39-40-41-42-43-44-46-47-49-51-53-55-57-59-66(69)73-63-65(64-75-77(71,72)74-62-61-68(3,4)5)76-67(70)60-58-56-54-52-50-48-45-21-19-17-15-13-11-9-7-2/h9,11,15,17,21,45,50,52,65H,6-8,10,12-14,16,18-20,22-44,46-49,51,53-64H2,1-5H3/b11-9-,17-15-,45-21-,52-50-. The molecule has 0 bridgehead atoms. The summed E-state index contributed by atoms with van der Waals surface area (Å²) in [5, 5.41) is 0. The molecule has 452 valence electrons. The summed E-state index contributed by atoms with van der Waals surface area (Å²) in [5.41, 5.74) is 0. The number of phosphoric ester groups is 1. The Morgan fingerprint density at radius 1 is 0.416 bits per heavy atom. The molecular weight excluding hydrogens is 978 g/mol. The molecule has 77 heavy (non-hydrogen) atoms. The van der Waals surface area contributed by atoms with E-state index in [9.17, 15) is 19.0 Å². The van der Waals surface area contributed by atoms with Gasteiger partial charge < -0.3 is 27.9 Å². The van der Waals surface area contributed by atoms with Crippen LogP contribution in [0, 0.1) is 0 Å². The first-order chi connectivity index (χ1) is 37.5. The molecule has 0 aromatic carbocycles. The maximum absolute atomic E-state index is 12.7. The van der Waals surface area contributed by atoms with E-state index in [0.717, 1.165) is 57.8 Å². The van der Waals surface area contributed by atoms with Gasteiger partial charge in [-0.15, -0.1) is 0 Å². The third-order valence-electron chi connectivity index (χ3n) is 14.6. The summed E-state index contributed by atoms with van der Waals surface area (Å²) in [6.07, 6.45) is 75.2. The second kappa shape index (κ2) is 58.6. The van der Waals surface area contributed by atoms with Gasteiger partial charge in [-0.25, -0.2) is 0 Å². The number of quaternary nitrogens is 1. The van der Waals surface area contributed by atoms with Gasteiger partial charge in [0.2, 0.25) is 0 Å². The number of rotatable bonds is 61. The molecule has 0 rings (SSSR count). The highest BCUT2D eigenvalue weighted by Crippen LogP contribution is 2.38. The zero-order chi connectivity index (χ0) is 56.3. The van der Waals surface area contributed by atoms with E-state index in [1.54, 1.807) is 0 Å². The van der Waals surface area contributed by atoms with E-state index in [1.165, 1.54) is 225 Å². The molecule has 0 saturated carbocycles. The lowest BCUT2D eigenvalue weighted by Gasteiger charge is -2.28. The third kappa shape index (κ3) is 63.0. The van der Waals surface area contributed by atoms with E-state index in [-0.39, 0.29) is 32.0 Å². The van der Waals surface area contributed by atoms with E-state index in [4.69, 9.17) is 18.5 Å². The molecular formula is C67H126NO8P. The fourth-order valence-corrected chi connectivity index (χ4v) is 10.3. The fraction of sp³-hybridized carbons (Fsp3) is 0.851. The van der Waals surface area contributed by atoms with Gasteiger partial charge in [0.25, 0.3) is 7.82 Å². The summed E-state index contributed by atoms with van der Waals surface area (Å²) in [7, 11) is 1.15. The number of carbonyl (C=O) groups excluding carboxylic acids is 2. The van der Waals surface area contributed by atoms with Crippen molar-refractivity contribution >= 4 is 19.8 Å². The predicted molar refractivity (Wildman–Crippen MR) is 328 cm³/mol. The first kappa shape index (κ1) is 75.0. The van der Waals surface area contributed by atoms with Crippen molar-refractivity contribution in [2.45, 2.75) is 322 Å². The van der Waals surface area contributed by atoms with Gasteiger partial charge in [0.05, 0.1) is 27.7 Å². The Labute approximate surface area is 477 Å². The molecule has 0 aliphatic heterocycles. The first-order valence-electron chi connectivity index (χ1n) is 32.8. The van der Waals surface area contributed by atoms with E-state index in [1.807, 2.05) is 21.1 Å². The van der Waals surface area contributed by atoms with Gasteiger partial charge in [0.15, 0.2) is 6.10 Å². The molecule has 0 N–H and O–H groups in total. The summed E-state index contributed by atoms with van der Waals surface area (Å²) in [4.78, 5) is 37.8. The van der Waals surface area contributed by atoms with E-state index in [0.29, 0.717) is 17.4 Å². The Morgan fingerprint density at radius 3 is 1.10 bits per heavy atom. The van der Waals surface area contributed by atoms with Crippen LogP contribution in [0.1, 0.15) is 316 Å². The van der Waals surface area contributed by atoms with Gasteiger partial charge in [0.1, 0.15) is 19.8 Å². The van der Waals surface area contributed by atoms with Crippen LogP contribution in [0.2, 0.25) is 0 Å². The largest absolute Gasteiger partial charge is 0.756 e. The zero-order valence-electron chi connectivity index (χ0n) is 51.4. The molecule has 0 amide bonds. The van der Waals surface area contributed by atoms with Crippen molar-refractivity contribution < 1.29 is 42.1 Å². The minimum Gasteiger partial charge on any atom is -0.756 e. The molecule has 2 atom stereocenters. The van der Waals surface area contributed by atoms with Gasteiger partial charge in [-0.1, -0.05) is 300 Å². The van der Waals surface area contributed by atoms with Crippen LogP contribution in [0.25, 0.3) is 0 Å². The summed E-state index contributed by atoms with van der Waals surface area (Å²) in [5.74, 6) is -0.872. The Balaban J connectivity index is 3.88. The van der Waals surface area contributed by atoms with Crippen molar-refractivity contribution in [3.8, 4) is 0 Å². The van der Waals surface area contributed by atoms with Crippen molar-refractivity contribution in [2.24, 2.45) is 0 Å². The van der Waals surface area contributed by atoms with E-state index < -0.39 is 26.5 Å². The Morgan fingerprint density at radius 2 is 0.740 bits per heavy atom. The van der Waals surface area contributed by atoms with Crippen LogP contribution in [-0.2, 0) is 32.7 Å². The average molecular weight is 1100 g/mol. The summed E-state index contributed by atoms with van der Waals surface area (Å²) < 4.78 is 34.1. The van der Waals surface area contributed by atoms with Crippen LogP contribution in [-0.4, -0.2) is 70.0 Å². The van der Waals surface area contributed by atoms with Crippen LogP contribution >= 0.6 is 7.82 Å². The quantitative estimate of drug-likeness (QED) is 0.0195. The van der Waals surface area contributed by atoms with Gasteiger partial charge in [-0.05, 0) is 51.4 Å². The monoisotopic (exact) mass is 1100 g/mol. The third-order valence-corrected chi connectivity index (χ3v) is 15.6. The summed E-state index contributed by atoms with van der Waals surface area (Å²) >= 11 is 0. The maximum Gasteiger partial charge on any atom is 0.306 e. The Hall–Kier alpha value is -2.03. The highest BCUT2D eigenvalue weighted by Gasteiger charge is 2.22. The second-order valence-electron chi connectivity index (χ2n) is 23.5. The minimum atomic E-state index is -4.65. The van der Waals surface area contributed by atoms with Crippen LogP contribution in [0.15, 0.2) is 48.6 Å². The molecule has 0 aliphatic carbocycles. The molecule has 0 spiro atoms. The molecule has 10 heteroatoms. The van der Waals surface area contributed by atoms with Crippen molar-refractivity contribution in [3.05, 3.63) is 48.6 Å². The molecule has 0 saturated heterocycles. The number of esters is 2. The molecule has 0 radical (unpaired) electrons. The van der Waals surface area contributed by atoms with Crippen LogP contribution < -0.4 is 4.89 Å². The summed E-state index contributed by atoms with van der Waals surface area (Å²) in [6.45, 7) is 4.11. The number of phosphoric acid groups is 1. The number of likely N-dealkylation sites (N-methyl/N-ethyl adjacent to an activating group) is 1. The normalized spacial score (nSPS) is 13.5. The molecule has 0 heterocycles. The van der Waals surface area contributed by atoms with Gasteiger partial charge in [-0.3, -0.25) is 14.2 Å². The second-order valence-corrected chi connectivity index (χ2v) is 24.9. The molecule has 0 aromatic heterocycles. The number of nitrogens with zero attached hydrogens (tertiary/aromatic N) is 1. The van der Waals surface area contributed by atoms with E-state index >= 15 is 0 Å². The summed E-state index contributed by atoms with van der Waals surface area (Å²) in [6, 6.07) is 0. The number of unbranched alkanes of at least 4 members (excludes halogenated alkanes) is 39. The molecule has 9 nitrogen and oxygen atoms in total. The smallest absolute Gasteiger partial charge is 0.306 e. The number of carbonyl (C=O) groups is 2. The maximum atomic E-state index is 12.7. The SMILES string of the molecule is CC/C=C\C/C=C\C/C=C\C/C=C\CCCCC(=O)OC(COC(=O)CCCCCCCCCCCCCCCCCCCCCCCCCCCCCCCCCCCCCCCC)COP(=O)([O-])OCC[N+](C)(C)C. The molecule has 0 fully saturated rings.